The van der Waals surface area contributed by atoms with Crippen LogP contribution in [0.2, 0.25) is 0 Å². The third-order valence-electron chi connectivity index (χ3n) is 3.12. The summed E-state index contributed by atoms with van der Waals surface area (Å²) in [6.07, 6.45) is 2.28. The van der Waals surface area contributed by atoms with E-state index in [-0.39, 0.29) is 11.8 Å². The smallest absolute Gasteiger partial charge is 0.234 e. The molecule has 0 aliphatic carbocycles. The molecule has 1 heterocycles. The van der Waals surface area contributed by atoms with Crippen LogP contribution in [-0.4, -0.2) is 56.0 Å². The van der Waals surface area contributed by atoms with Crippen molar-refractivity contribution in [2.75, 3.05) is 39.3 Å². The van der Waals surface area contributed by atoms with E-state index in [9.17, 15) is 9.59 Å². The number of amides is 2. The van der Waals surface area contributed by atoms with Gasteiger partial charge in [0, 0.05) is 26.6 Å². The molecule has 18 heavy (non-hydrogen) atoms. The van der Waals surface area contributed by atoms with E-state index in [0.717, 1.165) is 25.9 Å². The van der Waals surface area contributed by atoms with E-state index in [0.29, 0.717) is 32.1 Å². The molecule has 4 N–H and O–H groups in total. The molecule has 0 radical (unpaired) electrons. The van der Waals surface area contributed by atoms with Gasteiger partial charge in [-0.1, -0.05) is 0 Å². The molecule has 1 aliphatic heterocycles. The number of hydrogen-bond donors (Lipinski definition) is 3. The molecule has 0 bridgehead atoms. The molecule has 0 saturated carbocycles. The molecular weight excluding hydrogens is 232 g/mol. The lowest BCUT2D eigenvalue weighted by atomic mass is 9.98. The van der Waals surface area contributed by atoms with Crippen LogP contribution in [0.25, 0.3) is 0 Å². The lowest BCUT2D eigenvalue weighted by Gasteiger charge is -2.31. The van der Waals surface area contributed by atoms with Crippen molar-refractivity contribution in [3.63, 3.8) is 0 Å². The van der Waals surface area contributed by atoms with Crippen LogP contribution >= 0.6 is 0 Å². The van der Waals surface area contributed by atoms with Gasteiger partial charge >= 0.3 is 0 Å². The van der Waals surface area contributed by atoms with Gasteiger partial charge < -0.3 is 16.4 Å². The summed E-state index contributed by atoms with van der Waals surface area (Å²) in [6.45, 7) is 5.42. The fourth-order valence-electron chi connectivity index (χ4n) is 2.19. The van der Waals surface area contributed by atoms with E-state index in [4.69, 9.17) is 5.73 Å². The first kappa shape index (κ1) is 14.9. The maximum Gasteiger partial charge on any atom is 0.234 e. The highest BCUT2D eigenvalue weighted by Crippen LogP contribution is 2.14. The quantitative estimate of drug-likeness (QED) is 0.527. The van der Waals surface area contributed by atoms with Gasteiger partial charge in [0.1, 0.15) is 0 Å². The molecule has 1 aliphatic rings. The average Bonchev–Trinajstić information content (AvgIpc) is 2.34. The second-order valence-electron chi connectivity index (χ2n) is 4.81. The van der Waals surface area contributed by atoms with Crippen molar-refractivity contribution in [3.8, 4) is 0 Å². The SMILES string of the molecule is CC(=O)NCCNC(=O)CN1CCCC(CN)C1. The first-order valence-electron chi connectivity index (χ1n) is 6.55. The molecule has 0 spiro atoms. The number of hydrogen-bond acceptors (Lipinski definition) is 4. The van der Waals surface area contributed by atoms with Crippen molar-refractivity contribution in [2.45, 2.75) is 19.8 Å². The Morgan fingerprint density at radius 3 is 2.72 bits per heavy atom. The summed E-state index contributed by atoms with van der Waals surface area (Å²) < 4.78 is 0. The summed E-state index contributed by atoms with van der Waals surface area (Å²) in [4.78, 5) is 24.4. The highest BCUT2D eigenvalue weighted by Gasteiger charge is 2.20. The van der Waals surface area contributed by atoms with Gasteiger partial charge in [-0.2, -0.15) is 0 Å². The zero-order chi connectivity index (χ0) is 13.4. The molecular formula is C12H24N4O2. The molecule has 1 fully saturated rings. The van der Waals surface area contributed by atoms with E-state index in [1.807, 2.05) is 0 Å². The predicted octanol–water partition coefficient (Wildman–Crippen LogP) is -1.09. The monoisotopic (exact) mass is 256 g/mol. The van der Waals surface area contributed by atoms with E-state index in [2.05, 4.69) is 15.5 Å². The number of piperidine rings is 1. The van der Waals surface area contributed by atoms with Crippen molar-refractivity contribution in [1.29, 1.82) is 0 Å². The number of carbonyl (C=O) groups is 2. The molecule has 0 aromatic rings. The van der Waals surface area contributed by atoms with E-state index < -0.39 is 0 Å². The normalized spacial score (nSPS) is 20.4. The van der Waals surface area contributed by atoms with Crippen LogP contribution in [0.5, 0.6) is 0 Å². The van der Waals surface area contributed by atoms with Gasteiger partial charge in [0.15, 0.2) is 0 Å². The Balaban J connectivity index is 2.13. The molecule has 6 nitrogen and oxygen atoms in total. The van der Waals surface area contributed by atoms with Crippen molar-refractivity contribution in [2.24, 2.45) is 11.7 Å². The van der Waals surface area contributed by atoms with E-state index in [1.165, 1.54) is 6.92 Å². The Hall–Kier alpha value is -1.14. The average molecular weight is 256 g/mol. The second-order valence-corrected chi connectivity index (χ2v) is 4.81. The number of nitrogens with two attached hydrogens (primary N) is 1. The van der Waals surface area contributed by atoms with E-state index in [1.54, 1.807) is 0 Å². The highest BCUT2D eigenvalue weighted by molar-refractivity contribution is 5.78. The summed E-state index contributed by atoms with van der Waals surface area (Å²) in [7, 11) is 0. The van der Waals surface area contributed by atoms with Crippen LogP contribution in [0, 0.1) is 5.92 Å². The van der Waals surface area contributed by atoms with Crippen LogP contribution < -0.4 is 16.4 Å². The van der Waals surface area contributed by atoms with Crippen LogP contribution in [0.4, 0.5) is 0 Å². The number of carbonyl (C=O) groups excluding carboxylic acids is 2. The molecule has 1 atom stereocenters. The van der Waals surface area contributed by atoms with Crippen molar-refractivity contribution < 1.29 is 9.59 Å². The summed E-state index contributed by atoms with van der Waals surface area (Å²) in [5, 5.41) is 5.43. The minimum Gasteiger partial charge on any atom is -0.355 e. The number of likely N-dealkylation sites (tertiary alicyclic amines) is 1. The number of rotatable bonds is 6. The molecule has 0 aromatic carbocycles. The standard InChI is InChI=1S/C12H24N4O2/c1-10(17)14-4-5-15-12(18)9-16-6-2-3-11(7-13)8-16/h11H,2-9,13H2,1H3,(H,14,17)(H,15,18). The second kappa shape index (κ2) is 8.05. The highest BCUT2D eigenvalue weighted by atomic mass is 16.2. The Kier molecular flexibility index (Phi) is 6.67. The Morgan fingerprint density at radius 2 is 2.06 bits per heavy atom. The molecule has 1 rings (SSSR count). The third kappa shape index (κ3) is 5.97. The maximum absolute atomic E-state index is 11.7. The summed E-state index contributed by atoms with van der Waals surface area (Å²) >= 11 is 0. The first-order valence-corrected chi connectivity index (χ1v) is 6.55. The zero-order valence-corrected chi connectivity index (χ0v) is 11.1. The maximum atomic E-state index is 11.7. The molecule has 1 unspecified atom stereocenters. The van der Waals surface area contributed by atoms with Crippen LogP contribution in [-0.2, 0) is 9.59 Å². The van der Waals surface area contributed by atoms with Crippen molar-refractivity contribution in [3.05, 3.63) is 0 Å². The molecule has 0 aromatic heterocycles. The van der Waals surface area contributed by atoms with Crippen molar-refractivity contribution >= 4 is 11.8 Å². The number of nitrogens with one attached hydrogen (secondary N) is 2. The van der Waals surface area contributed by atoms with Gasteiger partial charge in [-0.15, -0.1) is 0 Å². The molecule has 104 valence electrons. The topological polar surface area (TPSA) is 87.5 Å². The minimum atomic E-state index is -0.0777. The van der Waals surface area contributed by atoms with Crippen LogP contribution in [0.1, 0.15) is 19.8 Å². The van der Waals surface area contributed by atoms with Gasteiger partial charge in [0.05, 0.1) is 6.54 Å². The third-order valence-corrected chi connectivity index (χ3v) is 3.12. The summed E-state index contributed by atoms with van der Waals surface area (Å²) in [6, 6.07) is 0. The molecule has 2 amide bonds. The fourth-order valence-corrected chi connectivity index (χ4v) is 2.19. The summed E-state index contributed by atoms with van der Waals surface area (Å²) in [5.74, 6) is 0.454. The zero-order valence-electron chi connectivity index (χ0n) is 11.1. The van der Waals surface area contributed by atoms with Crippen LogP contribution in [0.3, 0.4) is 0 Å². The number of nitrogens with zero attached hydrogens (tertiary/aromatic N) is 1. The Morgan fingerprint density at radius 1 is 1.33 bits per heavy atom. The van der Waals surface area contributed by atoms with Gasteiger partial charge in [-0.3, -0.25) is 14.5 Å². The van der Waals surface area contributed by atoms with E-state index >= 15 is 0 Å². The van der Waals surface area contributed by atoms with Gasteiger partial charge in [0.2, 0.25) is 11.8 Å². The fraction of sp³-hybridized carbons (Fsp3) is 0.833. The Labute approximate surface area is 108 Å². The van der Waals surface area contributed by atoms with Gasteiger partial charge in [-0.25, -0.2) is 0 Å². The first-order chi connectivity index (χ1) is 8.61. The largest absolute Gasteiger partial charge is 0.355 e. The summed E-state index contributed by atoms with van der Waals surface area (Å²) in [5.41, 5.74) is 5.66. The van der Waals surface area contributed by atoms with Gasteiger partial charge in [0.25, 0.3) is 0 Å². The Bertz CT molecular complexity index is 283. The van der Waals surface area contributed by atoms with Crippen LogP contribution in [0.15, 0.2) is 0 Å². The molecule has 6 heteroatoms. The molecule has 1 saturated heterocycles. The van der Waals surface area contributed by atoms with Gasteiger partial charge in [-0.05, 0) is 31.8 Å². The lowest BCUT2D eigenvalue weighted by molar-refractivity contribution is -0.123. The predicted molar refractivity (Wildman–Crippen MR) is 69.9 cm³/mol. The minimum absolute atomic E-state index is 0.0121. The van der Waals surface area contributed by atoms with Crippen molar-refractivity contribution in [1.82, 2.24) is 15.5 Å². The lowest BCUT2D eigenvalue weighted by Crippen LogP contribution is -2.45.